The maximum atomic E-state index is 12.3. The number of likely N-dealkylation sites (tertiary alicyclic amines) is 1. The summed E-state index contributed by atoms with van der Waals surface area (Å²) < 4.78 is 0.727. The normalized spacial score (nSPS) is 22.9. The van der Waals surface area contributed by atoms with Gasteiger partial charge in [0.05, 0.1) is 17.8 Å². The van der Waals surface area contributed by atoms with Crippen molar-refractivity contribution in [2.24, 2.45) is 5.92 Å². The molecule has 2 amide bonds. The van der Waals surface area contributed by atoms with E-state index in [4.69, 9.17) is 0 Å². The highest BCUT2D eigenvalue weighted by atomic mass is 79.9. The monoisotopic (exact) mass is 365 g/mol. The first-order chi connectivity index (χ1) is 10.6. The molecule has 1 aromatic heterocycles. The standard InChI is InChI=1S/C16H20BrN3O2/c17-14-7-6-12(9-18-14)19-16(22)11-8-15(21)20(10-11)13-4-2-1-3-5-13/h6-7,9,11,13H,1-5,8,10H2,(H,19,22). The van der Waals surface area contributed by atoms with E-state index in [-0.39, 0.29) is 17.7 Å². The van der Waals surface area contributed by atoms with Gasteiger partial charge in [0.25, 0.3) is 0 Å². The molecule has 0 aromatic carbocycles. The maximum absolute atomic E-state index is 12.3. The molecule has 1 N–H and O–H groups in total. The molecule has 0 spiro atoms. The van der Waals surface area contributed by atoms with Gasteiger partial charge >= 0.3 is 0 Å². The number of aromatic nitrogens is 1. The van der Waals surface area contributed by atoms with Crippen molar-refractivity contribution in [3.63, 3.8) is 0 Å². The van der Waals surface area contributed by atoms with Gasteiger partial charge in [0, 0.05) is 19.0 Å². The smallest absolute Gasteiger partial charge is 0.229 e. The second kappa shape index (κ2) is 6.77. The molecule has 1 unspecified atom stereocenters. The Kier molecular flexibility index (Phi) is 4.76. The van der Waals surface area contributed by atoms with Gasteiger partial charge in [-0.1, -0.05) is 19.3 Å². The molecular weight excluding hydrogens is 346 g/mol. The van der Waals surface area contributed by atoms with E-state index >= 15 is 0 Å². The van der Waals surface area contributed by atoms with Crippen LogP contribution in [0.15, 0.2) is 22.9 Å². The molecule has 22 heavy (non-hydrogen) atoms. The van der Waals surface area contributed by atoms with Crippen LogP contribution in [-0.4, -0.2) is 34.3 Å². The molecule has 0 bridgehead atoms. The fraction of sp³-hybridized carbons (Fsp3) is 0.562. The van der Waals surface area contributed by atoms with Crippen LogP contribution in [0.2, 0.25) is 0 Å². The number of nitrogens with zero attached hydrogens (tertiary/aromatic N) is 2. The topological polar surface area (TPSA) is 62.3 Å². The molecule has 5 nitrogen and oxygen atoms in total. The van der Waals surface area contributed by atoms with Gasteiger partial charge in [-0.05, 0) is 40.9 Å². The Hall–Kier alpha value is -1.43. The Morgan fingerprint density at radius 1 is 1.27 bits per heavy atom. The fourth-order valence-corrected chi connectivity index (χ4v) is 3.58. The molecule has 1 aromatic rings. The van der Waals surface area contributed by atoms with Crippen molar-refractivity contribution in [3.8, 4) is 0 Å². The number of hydrogen-bond donors (Lipinski definition) is 1. The van der Waals surface area contributed by atoms with Crippen LogP contribution >= 0.6 is 15.9 Å². The highest BCUT2D eigenvalue weighted by Gasteiger charge is 2.38. The van der Waals surface area contributed by atoms with Gasteiger partial charge in [0.1, 0.15) is 4.60 Å². The molecule has 1 aliphatic heterocycles. The lowest BCUT2D eigenvalue weighted by Gasteiger charge is -2.31. The molecule has 118 valence electrons. The van der Waals surface area contributed by atoms with Crippen LogP contribution in [0, 0.1) is 5.92 Å². The Balaban J connectivity index is 1.59. The number of carbonyl (C=O) groups is 2. The molecule has 1 atom stereocenters. The number of anilines is 1. The van der Waals surface area contributed by atoms with E-state index in [0.29, 0.717) is 24.7 Å². The van der Waals surface area contributed by atoms with Crippen molar-refractivity contribution in [3.05, 3.63) is 22.9 Å². The van der Waals surface area contributed by atoms with Gasteiger partial charge in [-0.25, -0.2) is 4.98 Å². The zero-order valence-electron chi connectivity index (χ0n) is 12.4. The summed E-state index contributed by atoms with van der Waals surface area (Å²) in [6.45, 7) is 0.555. The van der Waals surface area contributed by atoms with E-state index in [1.807, 2.05) is 4.90 Å². The number of carbonyl (C=O) groups excluding carboxylic acids is 2. The van der Waals surface area contributed by atoms with Crippen molar-refractivity contribution >= 4 is 33.4 Å². The van der Waals surface area contributed by atoms with Crippen LogP contribution in [0.25, 0.3) is 0 Å². The van der Waals surface area contributed by atoms with Gasteiger partial charge in [0.15, 0.2) is 0 Å². The van der Waals surface area contributed by atoms with Crippen LogP contribution < -0.4 is 5.32 Å². The Morgan fingerprint density at radius 2 is 2.05 bits per heavy atom. The first-order valence-corrected chi connectivity index (χ1v) is 8.64. The third-order valence-electron chi connectivity index (χ3n) is 4.54. The summed E-state index contributed by atoms with van der Waals surface area (Å²) in [5.41, 5.74) is 0.664. The predicted octanol–water partition coefficient (Wildman–Crippen LogP) is 2.96. The van der Waals surface area contributed by atoms with Crippen LogP contribution in [0.1, 0.15) is 38.5 Å². The summed E-state index contributed by atoms with van der Waals surface area (Å²) in [4.78, 5) is 30.6. The number of nitrogens with one attached hydrogen (secondary N) is 1. The van der Waals surface area contributed by atoms with Crippen LogP contribution in [0.3, 0.4) is 0 Å². The average Bonchev–Trinajstić information content (AvgIpc) is 2.92. The van der Waals surface area contributed by atoms with E-state index in [2.05, 4.69) is 26.2 Å². The quantitative estimate of drug-likeness (QED) is 0.837. The first kappa shape index (κ1) is 15.5. The molecule has 1 saturated heterocycles. The van der Waals surface area contributed by atoms with Gasteiger partial charge in [-0.2, -0.15) is 0 Å². The van der Waals surface area contributed by atoms with Gasteiger partial charge < -0.3 is 10.2 Å². The van der Waals surface area contributed by atoms with Crippen molar-refractivity contribution in [1.82, 2.24) is 9.88 Å². The Labute approximate surface area is 138 Å². The average molecular weight is 366 g/mol. The molecule has 3 rings (SSSR count). The third kappa shape index (κ3) is 3.48. The minimum Gasteiger partial charge on any atom is -0.339 e. The summed E-state index contributed by atoms with van der Waals surface area (Å²) in [6, 6.07) is 3.92. The molecule has 2 heterocycles. The predicted molar refractivity (Wildman–Crippen MR) is 87.3 cm³/mol. The van der Waals surface area contributed by atoms with E-state index in [1.54, 1.807) is 18.3 Å². The highest BCUT2D eigenvalue weighted by Crippen LogP contribution is 2.29. The van der Waals surface area contributed by atoms with Crippen molar-refractivity contribution in [1.29, 1.82) is 0 Å². The van der Waals surface area contributed by atoms with E-state index in [1.165, 1.54) is 19.3 Å². The molecular formula is C16H20BrN3O2. The molecule has 2 aliphatic rings. The minimum atomic E-state index is -0.252. The van der Waals surface area contributed by atoms with E-state index in [9.17, 15) is 9.59 Å². The Morgan fingerprint density at radius 3 is 2.73 bits per heavy atom. The minimum absolute atomic E-state index is 0.0872. The SMILES string of the molecule is O=C(Nc1ccc(Br)nc1)C1CC(=O)N(C2CCCCC2)C1. The molecule has 1 aliphatic carbocycles. The lowest BCUT2D eigenvalue weighted by atomic mass is 9.94. The lowest BCUT2D eigenvalue weighted by Crippen LogP contribution is -2.38. The van der Waals surface area contributed by atoms with Crippen molar-refractivity contribution in [2.75, 3.05) is 11.9 Å². The number of halogens is 1. The second-order valence-corrected chi connectivity index (χ2v) is 6.91. The highest BCUT2D eigenvalue weighted by molar-refractivity contribution is 9.10. The summed E-state index contributed by atoms with van der Waals surface area (Å²) >= 11 is 3.26. The van der Waals surface area contributed by atoms with Crippen molar-refractivity contribution < 1.29 is 9.59 Å². The zero-order valence-corrected chi connectivity index (χ0v) is 14.0. The van der Waals surface area contributed by atoms with Crippen LogP contribution in [0.4, 0.5) is 5.69 Å². The number of pyridine rings is 1. The number of amides is 2. The van der Waals surface area contributed by atoms with Crippen LogP contribution in [0.5, 0.6) is 0 Å². The molecule has 1 saturated carbocycles. The van der Waals surface area contributed by atoms with Gasteiger partial charge in [-0.3, -0.25) is 9.59 Å². The number of hydrogen-bond acceptors (Lipinski definition) is 3. The molecule has 2 fully saturated rings. The fourth-order valence-electron chi connectivity index (χ4n) is 3.35. The first-order valence-electron chi connectivity index (χ1n) is 7.85. The van der Waals surface area contributed by atoms with E-state index in [0.717, 1.165) is 17.4 Å². The summed E-state index contributed by atoms with van der Waals surface area (Å²) in [7, 11) is 0. The Bertz CT molecular complexity index is 555. The summed E-state index contributed by atoms with van der Waals surface area (Å²) in [5, 5.41) is 2.85. The lowest BCUT2D eigenvalue weighted by molar-refractivity contribution is -0.130. The largest absolute Gasteiger partial charge is 0.339 e. The third-order valence-corrected chi connectivity index (χ3v) is 5.01. The van der Waals surface area contributed by atoms with Crippen LogP contribution in [-0.2, 0) is 9.59 Å². The maximum Gasteiger partial charge on any atom is 0.229 e. The molecule has 6 heteroatoms. The second-order valence-electron chi connectivity index (χ2n) is 6.10. The molecule has 0 radical (unpaired) electrons. The summed E-state index contributed by atoms with van der Waals surface area (Å²) in [5.74, 6) is -0.213. The van der Waals surface area contributed by atoms with Gasteiger partial charge in [0.2, 0.25) is 11.8 Å². The summed E-state index contributed by atoms with van der Waals surface area (Å²) in [6.07, 6.45) is 7.74. The van der Waals surface area contributed by atoms with Crippen molar-refractivity contribution in [2.45, 2.75) is 44.6 Å². The zero-order chi connectivity index (χ0) is 15.5. The van der Waals surface area contributed by atoms with E-state index < -0.39 is 0 Å². The number of rotatable bonds is 3. The van der Waals surface area contributed by atoms with Gasteiger partial charge in [-0.15, -0.1) is 0 Å².